The number of alkyl halides is 3. The van der Waals surface area contributed by atoms with E-state index in [-0.39, 0.29) is 5.69 Å². The zero-order chi connectivity index (χ0) is 22.4. The summed E-state index contributed by atoms with van der Waals surface area (Å²) in [4.78, 5) is 25.0. The second kappa shape index (κ2) is 9.53. The minimum atomic E-state index is -4.69. The highest BCUT2D eigenvalue weighted by Gasteiger charge is 2.34. The van der Waals surface area contributed by atoms with Crippen molar-refractivity contribution in [2.45, 2.75) is 12.3 Å². The molecule has 0 spiro atoms. The van der Waals surface area contributed by atoms with Gasteiger partial charge < -0.3 is 14.5 Å². The van der Waals surface area contributed by atoms with E-state index in [0.29, 0.717) is 17.4 Å². The molecule has 0 aliphatic carbocycles. The average molecular weight is 450 g/mol. The number of furan rings is 1. The van der Waals surface area contributed by atoms with Gasteiger partial charge in [-0.25, -0.2) is 4.79 Å². The molecule has 9 heteroatoms. The molecular formula is C22H15ClF3NO4. The van der Waals surface area contributed by atoms with Crippen LogP contribution in [0.3, 0.4) is 0 Å². The summed E-state index contributed by atoms with van der Waals surface area (Å²) >= 11 is 5.60. The minimum Gasteiger partial charge on any atom is -0.465 e. The van der Waals surface area contributed by atoms with Crippen LogP contribution in [0.5, 0.6) is 0 Å². The fraction of sp³-hybridized carbons (Fsp3) is 0.0909. The topological polar surface area (TPSA) is 68.5 Å². The van der Waals surface area contributed by atoms with Crippen LogP contribution >= 0.6 is 11.6 Å². The van der Waals surface area contributed by atoms with Crippen LogP contribution in [0.25, 0.3) is 6.08 Å². The maximum Gasteiger partial charge on any atom is 0.417 e. The lowest BCUT2D eigenvalue weighted by Crippen LogP contribution is -2.25. The second-order valence-corrected chi connectivity index (χ2v) is 6.67. The van der Waals surface area contributed by atoms with Gasteiger partial charge in [-0.1, -0.05) is 41.9 Å². The molecule has 0 radical (unpaired) electrons. The van der Waals surface area contributed by atoms with E-state index in [2.05, 4.69) is 5.32 Å². The van der Waals surface area contributed by atoms with Gasteiger partial charge in [0.15, 0.2) is 0 Å². The fourth-order valence-electron chi connectivity index (χ4n) is 2.62. The molecule has 0 bridgehead atoms. The van der Waals surface area contributed by atoms with Crippen LogP contribution in [-0.4, -0.2) is 11.9 Å². The molecule has 1 unspecified atom stereocenters. The molecule has 2 aromatic carbocycles. The van der Waals surface area contributed by atoms with Crippen molar-refractivity contribution in [2.75, 3.05) is 5.32 Å². The Morgan fingerprint density at radius 3 is 2.45 bits per heavy atom. The molecule has 1 heterocycles. The Balaban J connectivity index is 1.81. The maximum absolute atomic E-state index is 13.1. The van der Waals surface area contributed by atoms with Crippen molar-refractivity contribution < 1.29 is 31.9 Å². The smallest absolute Gasteiger partial charge is 0.417 e. The number of nitrogens with one attached hydrogen (secondary N) is 1. The molecule has 0 aliphatic rings. The van der Waals surface area contributed by atoms with E-state index in [1.54, 1.807) is 42.5 Å². The van der Waals surface area contributed by atoms with Gasteiger partial charge in [0.1, 0.15) is 5.76 Å². The van der Waals surface area contributed by atoms with Crippen molar-refractivity contribution in [3.8, 4) is 0 Å². The number of carbonyl (C=O) groups is 2. The van der Waals surface area contributed by atoms with E-state index >= 15 is 0 Å². The Morgan fingerprint density at radius 1 is 1.06 bits per heavy atom. The first kappa shape index (κ1) is 22.2. The number of anilines is 1. The molecule has 160 valence electrons. The third kappa shape index (κ3) is 5.99. The quantitative estimate of drug-likeness (QED) is 0.376. The molecule has 1 atom stereocenters. The third-order valence-corrected chi connectivity index (χ3v) is 4.37. The number of hydrogen-bond acceptors (Lipinski definition) is 4. The van der Waals surface area contributed by atoms with Gasteiger partial charge in [-0.05, 0) is 36.4 Å². The number of ether oxygens (including phenoxy) is 1. The number of carbonyl (C=O) groups excluding carboxylic acids is 2. The van der Waals surface area contributed by atoms with Crippen LogP contribution in [0.2, 0.25) is 5.02 Å². The third-order valence-electron chi connectivity index (χ3n) is 4.04. The normalized spacial score (nSPS) is 12.5. The van der Waals surface area contributed by atoms with Gasteiger partial charge in [-0.3, -0.25) is 4.79 Å². The van der Waals surface area contributed by atoms with Crippen molar-refractivity contribution >= 4 is 35.2 Å². The summed E-state index contributed by atoms with van der Waals surface area (Å²) in [6.45, 7) is 0. The lowest BCUT2D eigenvalue weighted by molar-refractivity contribution is -0.149. The van der Waals surface area contributed by atoms with Gasteiger partial charge >= 0.3 is 12.1 Å². The van der Waals surface area contributed by atoms with E-state index in [9.17, 15) is 22.8 Å². The first-order chi connectivity index (χ1) is 14.7. The molecule has 1 aromatic heterocycles. The predicted molar refractivity (Wildman–Crippen MR) is 108 cm³/mol. The van der Waals surface area contributed by atoms with Gasteiger partial charge in [-0.15, -0.1) is 0 Å². The Bertz CT molecular complexity index is 1080. The van der Waals surface area contributed by atoms with Crippen LogP contribution in [0.1, 0.15) is 23.0 Å². The monoisotopic (exact) mass is 449 g/mol. The van der Waals surface area contributed by atoms with Crippen molar-refractivity contribution in [1.29, 1.82) is 0 Å². The molecule has 0 saturated heterocycles. The number of amides is 1. The number of hydrogen-bond donors (Lipinski definition) is 1. The summed E-state index contributed by atoms with van der Waals surface area (Å²) in [5, 5.41) is 1.84. The van der Waals surface area contributed by atoms with E-state index < -0.39 is 34.7 Å². The number of esters is 1. The highest BCUT2D eigenvalue weighted by atomic mass is 35.5. The summed E-state index contributed by atoms with van der Waals surface area (Å²) in [5.74, 6) is -1.27. The first-order valence-electron chi connectivity index (χ1n) is 8.89. The van der Waals surface area contributed by atoms with Gasteiger partial charge in [0, 0.05) is 17.3 Å². The van der Waals surface area contributed by atoms with E-state index in [4.69, 9.17) is 20.8 Å². The molecule has 0 saturated carbocycles. The molecule has 1 amide bonds. The summed E-state index contributed by atoms with van der Waals surface area (Å²) in [5.41, 5.74) is -0.906. The van der Waals surface area contributed by atoms with Crippen molar-refractivity contribution in [3.05, 3.63) is 94.9 Å². The Morgan fingerprint density at radius 2 is 1.81 bits per heavy atom. The Kier molecular flexibility index (Phi) is 6.81. The molecule has 0 fully saturated rings. The molecule has 31 heavy (non-hydrogen) atoms. The van der Waals surface area contributed by atoms with Gasteiger partial charge in [0.2, 0.25) is 6.10 Å². The zero-order valence-electron chi connectivity index (χ0n) is 15.7. The first-order valence-corrected chi connectivity index (χ1v) is 9.26. The number of halogens is 4. The van der Waals surface area contributed by atoms with E-state index in [1.165, 1.54) is 18.4 Å². The largest absolute Gasteiger partial charge is 0.465 e. The number of benzene rings is 2. The van der Waals surface area contributed by atoms with Crippen LogP contribution in [0.4, 0.5) is 18.9 Å². The van der Waals surface area contributed by atoms with Crippen molar-refractivity contribution in [3.63, 3.8) is 0 Å². The lowest BCUT2D eigenvalue weighted by atomic mass is 10.1. The maximum atomic E-state index is 13.1. The van der Waals surface area contributed by atoms with Crippen LogP contribution in [-0.2, 0) is 20.5 Å². The average Bonchev–Trinajstić information content (AvgIpc) is 3.25. The summed E-state index contributed by atoms with van der Waals surface area (Å²) in [6, 6.07) is 14.3. The Labute approximate surface area is 180 Å². The SMILES string of the molecule is O=C(/C=C/c1ccco1)OC(C(=O)Nc1ccc(Cl)c(C(F)(F)F)c1)c1ccccc1. The number of rotatable bonds is 6. The predicted octanol–water partition coefficient (Wildman–Crippen LogP) is 5.89. The van der Waals surface area contributed by atoms with Crippen LogP contribution in [0.15, 0.2) is 77.4 Å². The van der Waals surface area contributed by atoms with E-state index in [0.717, 1.165) is 12.1 Å². The fourth-order valence-corrected chi connectivity index (χ4v) is 2.85. The summed E-state index contributed by atoms with van der Waals surface area (Å²) in [7, 11) is 0. The zero-order valence-corrected chi connectivity index (χ0v) is 16.5. The van der Waals surface area contributed by atoms with E-state index in [1.807, 2.05) is 0 Å². The molecule has 3 aromatic rings. The highest BCUT2D eigenvalue weighted by Crippen LogP contribution is 2.36. The molecule has 5 nitrogen and oxygen atoms in total. The van der Waals surface area contributed by atoms with Crippen LogP contribution < -0.4 is 5.32 Å². The highest BCUT2D eigenvalue weighted by molar-refractivity contribution is 6.31. The van der Waals surface area contributed by atoms with Crippen molar-refractivity contribution in [1.82, 2.24) is 0 Å². The van der Waals surface area contributed by atoms with Crippen molar-refractivity contribution in [2.24, 2.45) is 0 Å². The van der Waals surface area contributed by atoms with Crippen LogP contribution in [0, 0.1) is 0 Å². The molecular weight excluding hydrogens is 435 g/mol. The molecule has 0 aliphatic heterocycles. The summed E-state index contributed by atoms with van der Waals surface area (Å²) in [6.07, 6.45) is -2.24. The second-order valence-electron chi connectivity index (χ2n) is 6.26. The Hall–Kier alpha value is -3.52. The standard InChI is InChI=1S/C22H15ClF3NO4/c23-18-10-8-15(13-17(18)22(24,25)26)27-21(29)20(14-5-2-1-3-6-14)31-19(28)11-9-16-7-4-12-30-16/h1-13,20H,(H,27,29)/b11-9+. The minimum absolute atomic E-state index is 0.148. The lowest BCUT2D eigenvalue weighted by Gasteiger charge is -2.18. The molecule has 3 rings (SSSR count). The van der Waals surface area contributed by atoms with Gasteiger partial charge in [0.05, 0.1) is 16.8 Å². The molecule has 1 N–H and O–H groups in total. The van der Waals surface area contributed by atoms with Gasteiger partial charge in [0.25, 0.3) is 5.91 Å². The van der Waals surface area contributed by atoms with Gasteiger partial charge in [-0.2, -0.15) is 13.2 Å². The summed E-state index contributed by atoms with van der Waals surface area (Å²) < 4.78 is 49.6.